The van der Waals surface area contributed by atoms with Gasteiger partial charge in [0.25, 0.3) is 0 Å². The van der Waals surface area contributed by atoms with Gasteiger partial charge in [-0.15, -0.1) is 0 Å². The number of rotatable bonds is 4. The number of likely N-dealkylation sites (tertiary alicyclic amines) is 1. The van der Waals surface area contributed by atoms with Crippen LogP contribution < -0.4 is 0 Å². The Hall–Kier alpha value is -3.73. The highest BCUT2D eigenvalue weighted by Crippen LogP contribution is 2.27. The summed E-state index contributed by atoms with van der Waals surface area (Å²) < 4.78 is 5.34. The van der Waals surface area contributed by atoms with Crippen LogP contribution in [0.3, 0.4) is 0 Å². The zero-order valence-corrected chi connectivity index (χ0v) is 14.5. The molecular formula is C17H16N6O5. The molecule has 0 spiro atoms. The van der Waals surface area contributed by atoms with Gasteiger partial charge in [0.15, 0.2) is 0 Å². The molecule has 0 unspecified atom stereocenters. The molecule has 2 N–H and O–H groups in total. The maximum absolute atomic E-state index is 9.10. The van der Waals surface area contributed by atoms with Gasteiger partial charge in [-0.3, -0.25) is 9.88 Å². The summed E-state index contributed by atoms with van der Waals surface area (Å²) in [5.41, 5.74) is 1.07. The molecule has 0 saturated carbocycles. The zero-order valence-electron chi connectivity index (χ0n) is 14.5. The van der Waals surface area contributed by atoms with E-state index >= 15 is 0 Å². The Labute approximate surface area is 158 Å². The number of carboxylic acids is 2. The van der Waals surface area contributed by atoms with Gasteiger partial charge in [-0.05, 0) is 18.2 Å². The summed E-state index contributed by atoms with van der Waals surface area (Å²) >= 11 is 0. The van der Waals surface area contributed by atoms with Gasteiger partial charge >= 0.3 is 11.9 Å². The van der Waals surface area contributed by atoms with Crippen LogP contribution in [0.5, 0.6) is 0 Å². The average molecular weight is 384 g/mol. The zero-order chi connectivity index (χ0) is 19.9. The summed E-state index contributed by atoms with van der Waals surface area (Å²) in [6, 6.07) is 7.72. The van der Waals surface area contributed by atoms with E-state index in [9.17, 15) is 0 Å². The van der Waals surface area contributed by atoms with Crippen molar-refractivity contribution in [2.45, 2.75) is 12.5 Å². The molecule has 1 aliphatic rings. The minimum Gasteiger partial charge on any atom is -0.473 e. The Kier molecular flexibility index (Phi) is 5.97. The molecule has 0 aromatic carbocycles. The molecule has 1 aliphatic heterocycles. The first-order chi connectivity index (χ1) is 13.5. The summed E-state index contributed by atoms with van der Waals surface area (Å²) in [4.78, 5) is 37.5. The Balaban J connectivity index is 0.000000330. The fraction of sp³-hybridized carbons (Fsp3) is 0.235. The lowest BCUT2D eigenvalue weighted by Gasteiger charge is -2.36. The van der Waals surface area contributed by atoms with E-state index < -0.39 is 11.9 Å². The second-order valence-electron chi connectivity index (χ2n) is 5.85. The van der Waals surface area contributed by atoms with E-state index in [1.54, 1.807) is 18.5 Å². The van der Waals surface area contributed by atoms with Crippen molar-refractivity contribution in [1.29, 1.82) is 0 Å². The Bertz CT molecular complexity index is 915. The largest absolute Gasteiger partial charge is 0.473 e. The highest BCUT2D eigenvalue weighted by Gasteiger charge is 2.32. The summed E-state index contributed by atoms with van der Waals surface area (Å²) in [7, 11) is 0. The number of nitrogens with zero attached hydrogens (tertiary/aromatic N) is 6. The highest BCUT2D eigenvalue weighted by molar-refractivity contribution is 6.27. The number of pyridine rings is 1. The third-order valence-electron chi connectivity index (χ3n) is 3.81. The van der Waals surface area contributed by atoms with Gasteiger partial charge in [0.05, 0.1) is 11.6 Å². The number of carboxylic acid groups (broad SMARTS) is 2. The fourth-order valence-corrected chi connectivity index (χ4v) is 2.48. The minimum atomic E-state index is -1.82. The van der Waals surface area contributed by atoms with Gasteiger partial charge in [0.1, 0.15) is 0 Å². The van der Waals surface area contributed by atoms with Crippen LogP contribution in [0.2, 0.25) is 0 Å². The summed E-state index contributed by atoms with van der Waals surface area (Å²) in [6.07, 6.45) is 5.14. The van der Waals surface area contributed by atoms with E-state index in [0.29, 0.717) is 17.5 Å². The molecule has 11 nitrogen and oxygen atoms in total. The van der Waals surface area contributed by atoms with Crippen molar-refractivity contribution >= 4 is 11.9 Å². The molecule has 28 heavy (non-hydrogen) atoms. The molecule has 4 heterocycles. The molecular weight excluding hydrogens is 368 g/mol. The second kappa shape index (κ2) is 8.77. The van der Waals surface area contributed by atoms with Crippen LogP contribution in [-0.4, -0.2) is 65.2 Å². The third-order valence-corrected chi connectivity index (χ3v) is 3.81. The maximum Gasteiger partial charge on any atom is 0.414 e. The molecule has 1 fully saturated rings. The van der Waals surface area contributed by atoms with Gasteiger partial charge < -0.3 is 14.7 Å². The topological polar surface area (TPSA) is 155 Å². The van der Waals surface area contributed by atoms with Crippen LogP contribution in [0.4, 0.5) is 0 Å². The van der Waals surface area contributed by atoms with Crippen molar-refractivity contribution in [3.8, 4) is 11.6 Å². The van der Waals surface area contributed by atoms with Gasteiger partial charge in [-0.25, -0.2) is 19.6 Å². The SMILES string of the molecule is O=C(O)C(=O)O.c1ccc(CN2CC(c3nc(-c4ncccn4)no3)C2)nc1. The first-order valence-electron chi connectivity index (χ1n) is 8.22. The van der Waals surface area contributed by atoms with Gasteiger partial charge in [-0.2, -0.15) is 4.98 Å². The van der Waals surface area contributed by atoms with Crippen molar-refractivity contribution in [3.63, 3.8) is 0 Å². The molecule has 144 valence electrons. The smallest absolute Gasteiger partial charge is 0.414 e. The summed E-state index contributed by atoms with van der Waals surface area (Å²) in [5, 5.41) is 18.7. The maximum atomic E-state index is 9.10. The first kappa shape index (κ1) is 19.0. The lowest BCUT2D eigenvalue weighted by atomic mass is 10.00. The number of hydrogen-bond acceptors (Lipinski definition) is 9. The minimum absolute atomic E-state index is 0.272. The normalized spacial score (nSPS) is 13.9. The second-order valence-corrected chi connectivity index (χ2v) is 5.85. The van der Waals surface area contributed by atoms with Gasteiger partial charge in [0.2, 0.25) is 17.5 Å². The number of carbonyl (C=O) groups is 2. The molecule has 0 bridgehead atoms. The molecule has 0 atom stereocenters. The van der Waals surface area contributed by atoms with E-state index in [4.69, 9.17) is 24.3 Å². The van der Waals surface area contributed by atoms with E-state index in [1.165, 1.54) is 0 Å². The molecule has 0 aliphatic carbocycles. The summed E-state index contributed by atoms with van der Waals surface area (Å²) in [6.45, 7) is 2.64. The third kappa shape index (κ3) is 4.92. The van der Waals surface area contributed by atoms with Crippen LogP contribution in [0.25, 0.3) is 11.6 Å². The Morgan fingerprint density at radius 3 is 2.29 bits per heavy atom. The van der Waals surface area contributed by atoms with E-state index in [-0.39, 0.29) is 5.92 Å². The van der Waals surface area contributed by atoms with Gasteiger partial charge in [-0.1, -0.05) is 11.2 Å². The Morgan fingerprint density at radius 2 is 1.68 bits per heavy atom. The lowest BCUT2D eigenvalue weighted by molar-refractivity contribution is -0.159. The Morgan fingerprint density at radius 1 is 1.00 bits per heavy atom. The van der Waals surface area contributed by atoms with Crippen LogP contribution in [0.15, 0.2) is 47.4 Å². The van der Waals surface area contributed by atoms with E-state index in [2.05, 4.69) is 30.0 Å². The quantitative estimate of drug-likeness (QED) is 0.610. The molecule has 0 amide bonds. The molecule has 3 aromatic rings. The van der Waals surface area contributed by atoms with Crippen molar-refractivity contribution in [2.75, 3.05) is 13.1 Å². The molecule has 1 saturated heterocycles. The first-order valence-corrected chi connectivity index (χ1v) is 8.22. The van der Waals surface area contributed by atoms with E-state index in [1.807, 2.05) is 24.4 Å². The standard InChI is InChI=1S/C15H14N6O.C2H2O4/c1-2-5-16-12(4-1)10-21-8-11(9-21)15-19-14(20-22-15)13-17-6-3-7-18-13;3-1(4)2(5)6/h1-7,11H,8-10H2;(H,3,4)(H,5,6). The van der Waals surface area contributed by atoms with E-state index in [0.717, 1.165) is 25.3 Å². The predicted octanol–water partition coefficient (Wildman–Crippen LogP) is 0.677. The monoisotopic (exact) mass is 384 g/mol. The molecule has 11 heteroatoms. The number of hydrogen-bond donors (Lipinski definition) is 2. The van der Waals surface area contributed by atoms with Crippen molar-refractivity contribution in [1.82, 2.24) is 30.0 Å². The summed E-state index contributed by atoms with van der Waals surface area (Å²) in [5.74, 6) is -1.79. The van der Waals surface area contributed by atoms with Crippen LogP contribution in [0, 0.1) is 0 Å². The van der Waals surface area contributed by atoms with Gasteiger partial charge in [0, 0.05) is 38.2 Å². The predicted molar refractivity (Wildman–Crippen MR) is 92.9 cm³/mol. The highest BCUT2D eigenvalue weighted by atomic mass is 16.5. The average Bonchev–Trinajstić information content (AvgIpc) is 3.16. The number of aromatic nitrogens is 5. The molecule has 0 radical (unpaired) electrons. The van der Waals surface area contributed by atoms with Crippen LogP contribution in [-0.2, 0) is 16.1 Å². The van der Waals surface area contributed by atoms with Crippen LogP contribution in [0.1, 0.15) is 17.5 Å². The lowest BCUT2D eigenvalue weighted by Crippen LogP contribution is -2.44. The van der Waals surface area contributed by atoms with Crippen LogP contribution >= 0.6 is 0 Å². The number of aliphatic carboxylic acids is 2. The van der Waals surface area contributed by atoms with Crippen molar-refractivity contribution < 1.29 is 24.3 Å². The fourth-order valence-electron chi connectivity index (χ4n) is 2.48. The molecule has 4 rings (SSSR count). The molecule has 3 aromatic heterocycles. The van der Waals surface area contributed by atoms with Crippen molar-refractivity contribution in [2.24, 2.45) is 0 Å². The van der Waals surface area contributed by atoms with Crippen molar-refractivity contribution in [3.05, 3.63) is 54.4 Å².